The van der Waals surface area contributed by atoms with Crippen molar-refractivity contribution in [3.63, 3.8) is 0 Å². The molecule has 0 radical (unpaired) electrons. The highest BCUT2D eigenvalue weighted by Crippen LogP contribution is 2.53. The van der Waals surface area contributed by atoms with Crippen molar-refractivity contribution in [2.24, 2.45) is 5.41 Å². The van der Waals surface area contributed by atoms with E-state index < -0.39 is 0 Å². The summed E-state index contributed by atoms with van der Waals surface area (Å²) in [6.07, 6.45) is 6.40. The minimum Gasteiger partial charge on any atom is -0.303 e. The van der Waals surface area contributed by atoms with Crippen LogP contribution in [0.2, 0.25) is 0 Å². The van der Waals surface area contributed by atoms with Crippen LogP contribution in [0.1, 0.15) is 32.1 Å². The van der Waals surface area contributed by atoms with Gasteiger partial charge in [0.15, 0.2) is 0 Å². The van der Waals surface area contributed by atoms with E-state index in [1.165, 1.54) is 38.8 Å². The minimum atomic E-state index is -0.151. The van der Waals surface area contributed by atoms with E-state index in [9.17, 15) is 4.39 Å². The van der Waals surface area contributed by atoms with Gasteiger partial charge in [-0.3, -0.25) is 4.39 Å². The predicted molar refractivity (Wildman–Crippen MR) is 47.9 cm³/mol. The summed E-state index contributed by atoms with van der Waals surface area (Å²) in [5, 5.41) is 0. The van der Waals surface area contributed by atoms with Crippen LogP contribution < -0.4 is 0 Å². The lowest BCUT2D eigenvalue weighted by atomic mass is 9.94. The van der Waals surface area contributed by atoms with Gasteiger partial charge in [-0.15, -0.1) is 0 Å². The normalized spacial score (nSPS) is 27.8. The zero-order valence-electron chi connectivity index (χ0n) is 7.69. The van der Waals surface area contributed by atoms with Gasteiger partial charge in [-0.25, -0.2) is 0 Å². The van der Waals surface area contributed by atoms with Gasteiger partial charge in [-0.2, -0.15) is 0 Å². The van der Waals surface area contributed by atoms with Crippen molar-refractivity contribution in [2.45, 2.75) is 32.1 Å². The Morgan fingerprint density at radius 2 is 1.75 bits per heavy atom. The maximum absolute atomic E-state index is 11.9. The van der Waals surface area contributed by atoms with E-state index in [1.54, 1.807) is 0 Å². The third-order valence-corrected chi connectivity index (χ3v) is 3.48. The highest BCUT2D eigenvalue weighted by Gasteiger charge is 2.44. The zero-order chi connectivity index (χ0) is 8.44. The first kappa shape index (κ1) is 8.49. The Balaban J connectivity index is 1.68. The average Bonchev–Trinajstić information content (AvgIpc) is 2.85. The molecule has 0 unspecified atom stereocenters. The van der Waals surface area contributed by atoms with Gasteiger partial charge in [-0.1, -0.05) is 0 Å². The maximum atomic E-state index is 11.9. The van der Waals surface area contributed by atoms with E-state index >= 15 is 0 Å². The van der Waals surface area contributed by atoms with E-state index in [2.05, 4.69) is 4.90 Å². The molecule has 12 heavy (non-hydrogen) atoms. The lowest BCUT2D eigenvalue weighted by Crippen LogP contribution is -2.35. The number of hydrogen-bond acceptors (Lipinski definition) is 1. The van der Waals surface area contributed by atoms with Gasteiger partial charge in [0.25, 0.3) is 0 Å². The Hall–Kier alpha value is -0.110. The number of halogens is 1. The summed E-state index contributed by atoms with van der Waals surface area (Å²) in [7, 11) is 0. The largest absolute Gasteiger partial charge is 0.303 e. The van der Waals surface area contributed by atoms with Crippen LogP contribution in [-0.4, -0.2) is 31.2 Å². The molecule has 1 aliphatic carbocycles. The Labute approximate surface area is 73.9 Å². The first-order valence-electron chi connectivity index (χ1n) is 5.13. The van der Waals surface area contributed by atoms with Gasteiger partial charge in [-0.05, 0) is 50.6 Å². The predicted octanol–water partition coefficient (Wildman–Crippen LogP) is 2.22. The molecule has 1 saturated carbocycles. The summed E-state index contributed by atoms with van der Waals surface area (Å²) < 4.78 is 11.9. The van der Waals surface area contributed by atoms with Gasteiger partial charge in [0.1, 0.15) is 0 Å². The molecule has 2 heteroatoms. The SMILES string of the molecule is FCCCN1CCC2(CC1)CC2. The van der Waals surface area contributed by atoms with Crippen molar-refractivity contribution in [1.82, 2.24) is 4.90 Å². The molecular weight excluding hydrogens is 153 g/mol. The molecule has 0 bridgehead atoms. The molecule has 1 saturated heterocycles. The number of alkyl halides is 1. The van der Waals surface area contributed by atoms with E-state index in [1.807, 2.05) is 0 Å². The van der Waals surface area contributed by atoms with Gasteiger partial charge in [0.05, 0.1) is 6.67 Å². The summed E-state index contributed by atoms with van der Waals surface area (Å²) in [4.78, 5) is 2.42. The van der Waals surface area contributed by atoms with Gasteiger partial charge < -0.3 is 4.90 Å². The Morgan fingerprint density at radius 3 is 2.25 bits per heavy atom. The number of likely N-dealkylation sites (tertiary alicyclic amines) is 1. The van der Waals surface area contributed by atoms with E-state index in [0.29, 0.717) is 0 Å². The molecule has 70 valence electrons. The van der Waals surface area contributed by atoms with Crippen molar-refractivity contribution in [2.75, 3.05) is 26.3 Å². The molecular formula is C10H18FN. The lowest BCUT2D eigenvalue weighted by molar-refractivity contribution is 0.167. The summed E-state index contributed by atoms with van der Waals surface area (Å²) >= 11 is 0. The zero-order valence-corrected chi connectivity index (χ0v) is 7.69. The van der Waals surface area contributed by atoms with Crippen molar-refractivity contribution < 1.29 is 4.39 Å². The molecule has 0 aromatic heterocycles. The van der Waals surface area contributed by atoms with Crippen molar-refractivity contribution in [3.05, 3.63) is 0 Å². The van der Waals surface area contributed by atoms with Crippen LogP contribution in [0.15, 0.2) is 0 Å². The molecule has 1 spiro atoms. The van der Waals surface area contributed by atoms with Crippen molar-refractivity contribution in [1.29, 1.82) is 0 Å². The second-order valence-electron chi connectivity index (χ2n) is 4.38. The van der Waals surface area contributed by atoms with E-state index in [4.69, 9.17) is 0 Å². The average molecular weight is 171 g/mol. The topological polar surface area (TPSA) is 3.24 Å². The molecule has 0 amide bonds. The highest BCUT2D eigenvalue weighted by atomic mass is 19.1. The van der Waals surface area contributed by atoms with Gasteiger partial charge >= 0.3 is 0 Å². The van der Waals surface area contributed by atoms with E-state index in [-0.39, 0.29) is 6.67 Å². The summed E-state index contributed by atoms with van der Waals surface area (Å²) in [6, 6.07) is 0. The second-order valence-corrected chi connectivity index (χ2v) is 4.38. The molecule has 1 aliphatic heterocycles. The second kappa shape index (κ2) is 3.33. The summed E-state index contributed by atoms with van der Waals surface area (Å²) in [5.41, 5.74) is 0.770. The van der Waals surface area contributed by atoms with Crippen LogP contribution in [-0.2, 0) is 0 Å². The molecule has 0 atom stereocenters. The number of rotatable bonds is 3. The molecule has 1 heterocycles. The lowest BCUT2D eigenvalue weighted by Gasteiger charge is -2.31. The third-order valence-electron chi connectivity index (χ3n) is 3.48. The fourth-order valence-electron chi connectivity index (χ4n) is 2.21. The first-order valence-corrected chi connectivity index (χ1v) is 5.13. The van der Waals surface area contributed by atoms with Crippen LogP contribution in [0.3, 0.4) is 0 Å². The summed E-state index contributed by atoms with van der Waals surface area (Å²) in [5.74, 6) is 0. The van der Waals surface area contributed by atoms with Crippen molar-refractivity contribution >= 4 is 0 Å². The molecule has 0 N–H and O–H groups in total. The molecule has 2 fully saturated rings. The molecule has 1 nitrogen and oxygen atoms in total. The Morgan fingerprint density at radius 1 is 1.08 bits per heavy atom. The monoisotopic (exact) mass is 171 g/mol. The molecule has 0 aromatic rings. The summed E-state index contributed by atoms with van der Waals surface area (Å²) in [6.45, 7) is 3.27. The van der Waals surface area contributed by atoms with Crippen LogP contribution in [0, 0.1) is 5.41 Å². The quantitative estimate of drug-likeness (QED) is 0.629. The van der Waals surface area contributed by atoms with E-state index in [0.717, 1.165) is 18.4 Å². The molecule has 2 rings (SSSR count). The smallest absolute Gasteiger partial charge is 0.0906 e. The number of hydrogen-bond donors (Lipinski definition) is 0. The Kier molecular flexibility index (Phi) is 2.35. The van der Waals surface area contributed by atoms with Gasteiger partial charge in [0.2, 0.25) is 0 Å². The molecule has 2 aliphatic rings. The van der Waals surface area contributed by atoms with Gasteiger partial charge in [0, 0.05) is 6.54 Å². The minimum absolute atomic E-state index is 0.151. The fourth-order valence-corrected chi connectivity index (χ4v) is 2.21. The first-order chi connectivity index (χ1) is 5.85. The highest BCUT2D eigenvalue weighted by molar-refractivity contribution is 4.96. The van der Waals surface area contributed by atoms with Crippen LogP contribution >= 0.6 is 0 Å². The Bertz CT molecular complexity index is 144. The number of piperidine rings is 1. The standard InChI is InChI=1S/C10H18FN/c11-6-1-7-12-8-4-10(2-3-10)5-9-12/h1-9H2. The van der Waals surface area contributed by atoms with Crippen molar-refractivity contribution in [3.8, 4) is 0 Å². The molecule has 0 aromatic carbocycles. The maximum Gasteiger partial charge on any atom is 0.0906 e. The number of nitrogens with zero attached hydrogens (tertiary/aromatic N) is 1. The van der Waals surface area contributed by atoms with Crippen LogP contribution in [0.4, 0.5) is 4.39 Å². The third kappa shape index (κ3) is 1.79. The van der Waals surface area contributed by atoms with Crippen LogP contribution in [0.25, 0.3) is 0 Å². The van der Waals surface area contributed by atoms with Crippen LogP contribution in [0.5, 0.6) is 0 Å². The fraction of sp³-hybridized carbons (Fsp3) is 1.00.